The average Bonchev–Trinajstić information content (AvgIpc) is 3.38. The molecular weight excluding hydrogens is 360 g/mol. The Balaban J connectivity index is 1.51. The first-order valence-corrected chi connectivity index (χ1v) is 9.89. The van der Waals surface area contributed by atoms with Gasteiger partial charge in [-0.15, -0.1) is 0 Å². The number of hydrogen-bond acceptors (Lipinski definition) is 3. The molecular formula is C24H26N4O. The fraction of sp³-hybridized carbons (Fsp3) is 0.208. The molecule has 0 spiro atoms. The van der Waals surface area contributed by atoms with Crippen LogP contribution in [0.15, 0.2) is 66.9 Å². The lowest BCUT2D eigenvalue weighted by Gasteiger charge is -2.11. The number of hydrogen-bond donors (Lipinski definition) is 2. The largest absolute Gasteiger partial charge is 0.377 e. The summed E-state index contributed by atoms with van der Waals surface area (Å²) >= 11 is 0. The quantitative estimate of drug-likeness (QED) is 0.424. The Hall–Kier alpha value is -3.31. The number of benzene rings is 2. The topological polar surface area (TPSA) is 54.9 Å². The zero-order chi connectivity index (χ0) is 20.2. The summed E-state index contributed by atoms with van der Waals surface area (Å²) in [5, 5.41) is 7.86. The van der Waals surface area contributed by atoms with Crippen LogP contribution in [0.1, 0.15) is 23.7 Å². The second-order valence-electron chi connectivity index (χ2n) is 7.13. The molecule has 4 rings (SSSR count). The third-order valence-electron chi connectivity index (χ3n) is 4.99. The average molecular weight is 386 g/mol. The lowest BCUT2D eigenvalue weighted by Crippen LogP contribution is -1.98. The third-order valence-corrected chi connectivity index (χ3v) is 4.99. The van der Waals surface area contributed by atoms with E-state index in [2.05, 4.69) is 83.8 Å². The number of ether oxygens (including phenoxy) is 1. The predicted octanol–water partition coefficient (Wildman–Crippen LogP) is 5.76. The van der Waals surface area contributed by atoms with Gasteiger partial charge in [0, 0.05) is 29.9 Å². The lowest BCUT2D eigenvalue weighted by molar-refractivity contribution is 0.134. The van der Waals surface area contributed by atoms with Gasteiger partial charge < -0.3 is 15.0 Å². The minimum absolute atomic E-state index is 0.628. The summed E-state index contributed by atoms with van der Waals surface area (Å²) in [6.07, 6.45) is 1.82. The lowest BCUT2D eigenvalue weighted by atomic mass is 10.1. The Morgan fingerprint density at radius 1 is 1.00 bits per heavy atom. The Labute approximate surface area is 171 Å². The minimum atomic E-state index is 0.628. The molecule has 29 heavy (non-hydrogen) atoms. The van der Waals surface area contributed by atoms with Crippen molar-refractivity contribution >= 4 is 11.5 Å². The van der Waals surface area contributed by atoms with Gasteiger partial charge in [0.25, 0.3) is 0 Å². The predicted molar refractivity (Wildman–Crippen MR) is 118 cm³/mol. The number of nitrogens with one attached hydrogen (secondary N) is 2. The van der Waals surface area contributed by atoms with Crippen LogP contribution in [0.2, 0.25) is 0 Å². The summed E-state index contributed by atoms with van der Waals surface area (Å²) < 4.78 is 7.46. The van der Waals surface area contributed by atoms with E-state index in [1.807, 2.05) is 23.9 Å². The van der Waals surface area contributed by atoms with Crippen LogP contribution < -0.4 is 5.32 Å². The number of nitrogens with zero attached hydrogens (tertiary/aromatic N) is 2. The number of aromatic amines is 1. The van der Waals surface area contributed by atoms with Crippen LogP contribution in [-0.4, -0.2) is 21.4 Å². The van der Waals surface area contributed by atoms with Crippen LogP contribution in [-0.2, 0) is 11.3 Å². The minimum Gasteiger partial charge on any atom is -0.377 e. The standard InChI is InChI=1S/C24H26N4O/c1-4-29-16-19-6-5-17(2)23(15-19)27-24-12-11-22(26-24)20-7-9-21(10-8-20)28-18(3)13-14-25-28/h5-15,26-27H,4,16H2,1-3H3. The van der Waals surface area contributed by atoms with Crippen molar-refractivity contribution in [1.82, 2.24) is 14.8 Å². The second kappa shape index (κ2) is 8.37. The molecule has 0 aliphatic rings. The van der Waals surface area contributed by atoms with Crippen molar-refractivity contribution in [3.63, 3.8) is 0 Å². The highest BCUT2D eigenvalue weighted by atomic mass is 16.5. The van der Waals surface area contributed by atoms with E-state index in [0.29, 0.717) is 6.61 Å². The van der Waals surface area contributed by atoms with E-state index in [9.17, 15) is 0 Å². The van der Waals surface area contributed by atoms with Gasteiger partial charge in [0.1, 0.15) is 5.82 Å². The summed E-state index contributed by atoms with van der Waals surface area (Å²) in [4.78, 5) is 3.47. The molecule has 0 atom stereocenters. The van der Waals surface area contributed by atoms with Crippen molar-refractivity contribution in [1.29, 1.82) is 0 Å². The molecule has 0 fully saturated rings. The molecule has 0 amide bonds. The molecule has 5 nitrogen and oxygen atoms in total. The number of H-pyrrole nitrogens is 1. The molecule has 0 saturated carbocycles. The zero-order valence-electron chi connectivity index (χ0n) is 17.1. The first kappa shape index (κ1) is 19.0. The summed E-state index contributed by atoms with van der Waals surface area (Å²) in [7, 11) is 0. The maximum Gasteiger partial charge on any atom is 0.108 e. The van der Waals surface area contributed by atoms with Gasteiger partial charge in [-0.25, -0.2) is 4.68 Å². The summed E-state index contributed by atoms with van der Waals surface area (Å²) in [5.41, 5.74) is 7.82. The molecule has 0 aliphatic heterocycles. The van der Waals surface area contributed by atoms with E-state index < -0.39 is 0 Å². The van der Waals surface area contributed by atoms with E-state index in [1.165, 1.54) is 5.56 Å². The summed E-state index contributed by atoms with van der Waals surface area (Å²) in [6.45, 7) is 7.51. The van der Waals surface area contributed by atoms with Crippen molar-refractivity contribution in [2.75, 3.05) is 11.9 Å². The first-order valence-electron chi connectivity index (χ1n) is 9.89. The highest BCUT2D eigenvalue weighted by Gasteiger charge is 2.06. The molecule has 5 heteroatoms. The van der Waals surface area contributed by atoms with Crippen molar-refractivity contribution in [3.05, 3.63) is 83.7 Å². The molecule has 0 saturated heterocycles. The number of aryl methyl sites for hydroxylation is 2. The number of rotatable bonds is 7. The molecule has 148 valence electrons. The summed E-state index contributed by atoms with van der Waals surface area (Å²) in [6, 6.07) is 20.9. The van der Waals surface area contributed by atoms with Crippen LogP contribution >= 0.6 is 0 Å². The van der Waals surface area contributed by atoms with Crippen LogP contribution in [0.4, 0.5) is 11.5 Å². The normalized spacial score (nSPS) is 11.0. The van der Waals surface area contributed by atoms with Crippen LogP contribution in [0.25, 0.3) is 16.9 Å². The molecule has 4 aromatic rings. The molecule has 0 radical (unpaired) electrons. The molecule has 2 heterocycles. The molecule has 0 unspecified atom stereocenters. The Bertz CT molecular complexity index is 1090. The highest BCUT2D eigenvalue weighted by Crippen LogP contribution is 2.26. The van der Waals surface area contributed by atoms with Gasteiger partial charge in [-0.3, -0.25) is 0 Å². The van der Waals surface area contributed by atoms with Crippen LogP contribution in [0, 0.1) is 13.8 Å². The van der Waals surface area contributed by atoms with Gasteiger partial charge in [0.05, 0.1) is 12.3 Å². The number of anilines is 2. The van der Waals surface area contributed by atoms with Crippen molar-refractivity contribution in [3.8, 4) is 16.9 Å². The smallest absolute Gasteiger partial charge is 0.108 e. The Kier molecular flexibility index (Phi) is 5.49. The third kappa shape index (κ3) is 4.25. The second-order valence-corrected chi connectivity index (χ2v) is 7.13. The van der Waals surface area contributed by atoms with Crippen molar-refractivity contribution in [2.24, 2.45) is 0 Å². The van der Waals surface area contributed by atoms with Gasteiger partial charge in [-0.1, -0.05) is 24.3 Å². The highest BCUT2D eigenvalue weighted by molar-refractivity contribution is 5.68. The van der Waals surface area contributed by atoms with E-state index in [4.69, 9.17) is 4.74 Å². The van der Waals surface area contributed by atoms with Crippen molar-refractivity contribution in [2.45, 2.75) is 27.4 Å². The zero-order valence-corrected chi connectivity index (χ0v) is 17.1. The molecule has 2 aromatic heterocycles. The van der Waals surface area contributed by atoms with Crippen LogP contribution in [0.3, 0.4) is 0 Å². The monoisotopic (exact) mass is 386 g/mol. The van der Waals surface area contributed by atoms with E-state index >= 15 is 0 Å². The maximum atomic E-state index is 5.53. The van der Waals surface area contributed by atoms with Gasteiger partial charge >= 0.3 is 0 Å². The molecule has 0 bridgehead atoms. The number of aromatic nitrogens is 3. The van der Waals surface area contributed by atoms with E-state index in [0.717, 1.165) is 46.3 Å². The maximum absolute atomic E-state index is 5.53. The van der Waals surface area contributed by atoms with E-state index in [-0.39, 0.29) is 0 Å². The Morgan fingerprint density at radius 2 is 1.83 bits per heavy atom. The fourth-order valence-corrected chi connectivity index (χ4v) is 3.32. The molecule has 0 aliphatic carbocycles. The fourth-order valence-electron chi connectivity index (χ4n) is 3.32. The van der Waals surface area contributed by atoms with Gasteiger partial charge in [0.15, 0.2) is 0 Å². The Morgan fingerprint density at radius 3 is 2.55 bits per heavy atom. The van der Waals surface area contributed by atoms with Crippen LogP contribution in [0.5, 0.6) is 0 Å². The SMILES string of the molecule is CCOCc1ccc(C)c(Nc2ccc(-c3ccc(-n4nccc4C)cc3)[nH]2)c1. The first-order chi connectivity index (χ1) is 14.1. The molecule has 2 aromatic carbocycles. The molecule has 2 N–H and O–H groups in total. The van der Waals surface area contributed by atoms with Gasteiger partial charge in [-0.2, -0.15) is 5.10 Å². The summed E-state index contributed by atoms with van der Waals surface area (Å²) in [5.74, 6) is 0.962. The van der Waals surface area contributed by atoms with E-state index in [1.54, 1.807) is 0 Å². The van der Waals surface area contributed by atoms with Crippen molar-refractivity contribution < 1.29 is 4.74 Å². The van der Waals surface area contributed by atoms with Gasteiger partial charge in [0.2, 0.25) is 0 Å². The van der Waals surface area contributed by atoms with Gasteiger partial charge in [-0.05, 0) is 73.9 Å².